The van der Waals surface area contributed by atoms with Crippen LogP contribution < -0.4 is 10.2 Å². The van der Waals surface area contributed by atoms with E-state index >= 15 is 0 Å². The Morgan fingerprint density at radius 2 is 1.65 bits per heavy atom. The van der Waals surface area contributed by atoms with Gasteiger partial charge in [-0.3, -0.25) is 9.88 Å². The predicted molar refractivity (Wildman–Crippen MR) is 109 cm³/mol. The highest BCUT2D eigenvalue weighted by Crippen LogP contribution is 2.30. The number of nitrogens with one attached hydrogen (secondary N) is 1. The van der Waals surface area contributed by atoms with E-state index in [1.54, 1.807) is 30.6 Å². The van der Waals surface area contributed by atoms with Gasteiger partial charge in [0.2, 0.25) is 5.95 Å². The van der Waals surface area contributed by atoms with Crippen LogP contribution in [0.1, 0.15) is 5.69 Å². The lowest BCUT2D eigenvalue weighted by Crippen LogP contribution is -2.48. The van der Waals surface area contributed by atoms with E-state index in [1.165, 1.54) is 12.4 Å². The number of alkyl halides is 3. The first-order valence-corrected chi connectivity index (χ1v) is 9.84. The molecule has 3 aromatic rings. The van der Waals surface area contributed by atoms with E-state index in [-0.39, 0.29) is 11.6 Å². The molecule has 0 aromatic carbocycles. The van der Waals surface area contributed by atoms with Gasteiger partial charge in [-0.1, -0.05) is 0 Å². The molecule has 0 bridgehead atoms. The summed E-state index contributed by atoms with van der Waals surface area (Å²) < 4.78 is 39.9. The van der Waals surface area contributed by atoms with Crippen molar-refractivity contribution in [1.29, 1.82) is 0 Å². The Hall–Kier alpha value is -3.34. The average Bonchev–Trinajstić information content (AvgIpc) is 2.80. The summed E-state index contributed by atoms with van der Waals surface area (Å²) in [5.74, 6) is 0.867. The summed E-state index contributed by atoms with van der Waals surface area (Å²) in [5.41, 5.74) is -0.503. The molecular weight excluding hydrogens is 409 g/mol. The summed E-state index contributed by atoms with van der Waals surface area (Å²) in [5, 5.41) is 3.01. The summed E-state index contributed by atoms with van der Waals surface area (Å²) in [7, 11) is 0. The number of hydrogen-bond donors (Lipinski definition) is 1. The second-order valence-corrected chi connectivity index (χ2v) is 7.00. The molecule has 0 amide bonds. The number of nitrogens with zero attached hydrogens (tertiary/aromatic N) is 7. The molecule has 11 heteroatoms. The Morgan fingerprint density at radius 1 is 0.935 bits per heavy atom. The number of anilines is 2. The number of pyridine rings is 1. The van der Waals surface area contributed by atoms with Crippen LogP contribution in [0.2, 0.25) is 0 Å². The maximum Gasteiger partial charge on any atom is 0.433 e. The van der Waals surface area contributed by atoms with E-state index in [0.717, 1.165) is 32.2 Å². The maximum atomic E-state index is 13.3. The molecule has 0 unspecified atom stereocenters. The van der Waals surface area contributed by atoms with Crippen LogP contribution in [0.5, 0.6) is 0 Å². The molecule has 1 fully saturated rings. The zero-order valence-corrected chi connectivity index (χ0v) is 16.6. The third kappa shape index (κ3) is 5.43. The molecule has 1 aliphatic heterocycles. The number of halogens is 3. The minimum Gasteiger partial charge on any atom is -0.369 e. The molecule has 162 valence electrons. The molecule has 1 saturated heterocycles. The Balaban J connectivity index is 1.36. The highest BCUT2D eigenvalue weighted by atomic mass is 19.4. The summed E-state index contributed by atoms with van der Waals surface area (Å²) in [6, 6.07) is 5.88. The molecule has 0 radical (unpaired) electrons. The number of hydrogen-bond acceptors (Lipinski definition) is 8. The van der Waals surface area contributed by atoms with Gasteiger partial charge in [0, 0.05) is 75.7 Å². The van der Waals surface area contributed by atoms with Crippen LogP contribution in [0.3, 0.4) is 0 Å². The maximum absolute atomic E-state index is 13.3. The SMILES string of the molecule is FC(F)(F)c1cc(NCCN2CCN(c3ncccn3)CC2)nc(-c2ccncc2)n1. The average molecular weight is 430 g/mol. The second kappa shape index (κ2) is 9.21. The molecule has 31 heavy (non-hydrogen) atoms. The molecule has 0 saturated carbocycles. The van der Waals surface area contributed by atoms with Gasteiger partial charge in [-0.2, -0.15) is 13.2 Å². The number of rotatable bonds is 6. The molecule has 4 heterocycles. The van der Waals surface area contributed by atoms with Gasteiger partial charge in [0.25, 0.3) is 0 Å². The second-order valence-electron chi connectivity index (χ2n) is 7.00. The Bertz CT molecular complexity index is 977. The summed E-state index contributed by atoms with van der Waals surface area (Å²) >= 11 is 0. The lowest BCUT2D eigenvalue weighted by molar-refractivity contribution is -0.141. The normalized spacial score (nSPS) is 15.1. The minimum atomic E-state index is -4.56. The smallest absolute Gasteiger partial charge is 0.369 e. The quantitative estimate of drug-likeness (QED) is 0.639. The van der Waals surface area contributed by atoms with Crippen LogP contribution in [0, 0.1) is 0 Å². The van der Waals surface area contributed by atoms with E-state index in [9.17, 15) is 13.2 Å². The van der Waals surface area contributed by atoms with Crippen LogP contribution in [0.15, 0.2) is 49.1 Å². The fourth-order valence-electron chi connectivity index (χ4n) is 3.28. The van der Waals surface area contributed by atoms with Crippen molar-refractivity contribution < 1.29 is 13.2 Å². The predicted octanol–water partition coefficient (Wildman–Crippen LogP) is 2.58. The fraction of sp³-hybridized carbons (Fsp3) is 0.350. The molecule has 4 rings (SSSR count). The molecule has 3 aromatic heterocycles. The topological polar surface area (TPSA) is 83.0 Å². The largest absolute Gasteiger partial charge is 0.433 e. The van der Waals surface area contributed by atoms with Gasteiger partial charge < -0.3 is 10.2 Å². The van der Waals surface area contributed by atoms with E-state index < -0.39 is 11.9 Å². The minimum absolute atomic E-state index is 0.0104. The van der Waals surface area contributed by atoms with Crippen molar-refractivity contribution in [3.05, 3.63) is 54.7 Å². The molecule has 0 aliphatic carbocycles. The van der Waals surface area contributed by atoms with Gasteiger partial charge >= 0.3 is 6.18 Å². The Labute approximate surface area is 177 Å². The summed E-state index contributed by atoms with van der Waals surface area (Å²) in [4.78, 5) is 24.7. The van der Waals surface area contributed by atoms with E-state index in [2.05, 4.69) is 40.0 Å². The van der Waals surface area contributed by atoms with Crippen LogP contribution in [-0.2, 0) is 6.18 Å². The standard InChI is InChI=1S/C20H21F3N8/c21-20(22,23)16-14-17(29-18(28-16)15-2-6-24-7-3-15)25-8-9-30-10-12-31(13-11-30)19-26-4-1-5-27-19/h1-7,14H,8-13H2,(H,25,28,29). The lowest BCUT2D eigenvalue weighted by atomic mass is 10.2. The summed E-state index contributed by atoms with van der Waals surface area (Å²) in [6.07, 6.45) is 1.86. The van der Waals surface area contributed by atoms with Gasteiger partial charge in [0.1, 0.15) is 5.82 Å². The zero-order valence-electron chi connectivity index (χ0n) is 16.6. The van der Waals surface area contributed by atoms with Crippen molar-refractivity contribution in [2.75, 3.05) is 49.5 Å². The zero-order chi connectivity index (χ0) is 21.7. The van der Waals surface area contributed by atoms with Crippen molar-refractivity contribution in [3.8, 4) is 11.4 Å². The Morgan fingerprint density at radius 3 is 2.32 bits per heavy atom. The first-order chi connectivity index (χ1) is 15.0. The lowest BCUT2D eigenvalue weighted by Gasteiger charge is -2.34. The number of aromatic nitrogens is 5. The Kier molecular flexibility index (Phi) is 6.21. The summed E-state index contributed by atoms with van der Waals surface area (Å²) in [6.45, 7) is 4.37. The fourth-order valence-corrected chi connectivity index (χ4v) is 3.28. The number of piperazine rings is 1. The molecule has 0 atom stereocenters. The van der Waals surface area contributed by atoms with Crippen molar-refractivity contribution in [2.45, 2.75) is 6.18 Å². The molecule has 1 aliphatic rings. The molecule has 0 spiro atoms. The molecule has 1 N–H and O–H groups in total. The van der Waals surface area contributed by atoms with Crippen LogP contribution in [0.25, 0.3) is 11.4 Å². The highest BCUT2D eigenvalue weighted by Gasteiger charge is 2.34. The first-order valence-electron chi connectivity index (χ1n) is 9.84. The van der Waals surface area contributed by atoms with Gasteiger partial charge in [0.05, 0.1) is 0 Å². The van der Waals surface area contributed by atoms with Gasteiger partial charge in [0.15, 0.2) is 11.5 Å². The van der Waals surface area contributed by atoms with Crippen LogP contribution in [-0.4, -0.2) is 69.1 Å². The van der Waals surface area contributed by atoms with Gasteiger partial charge in [-0.25, -0.2) is 19.9 Å². The third-order valence-electron chi connectivity index (χ3n) is 4.90. The van der Waals surface area contributed by atoms with E-state index in [1.807, 2.05) is 0 Å². The molecular formula is C20H21F3N8. The van der Waals surface area contributed by atoms with Crippen molar-refractivity contribution >= 4 is 11.8 Å². The van der Waals surface area contributed by atoms with Gasteiger partial charge in [-0.15, -0.1) is 0 Å². The van der Waals surface area contributed by atoms with Gasteiger partial charge in [-0.05, 0) is 18.2 Å². The third-order valence-corrected chi connectivity index (χ3v) is 4.90. The first kappa shape index (κ1) is 20.9. The van der Waals surface area contributed by atoms with Crippen molar-refractivity contribution in [3.63, 3.8) is 0 Å². The molecule has 8 nitrogen and oxygen atoms in total. The van der Waals surface area contributed by atoms with E-state index in [4.69, 9.17) is 0 Å². The van der Waals surface area contributed by atoms with Crippen molar-refractivity contribution in [2.24, 2.45) is 0 Å². The van der Waals surface area contributed by atoms with Crippen LogP contribution in [0.4, 0.5) is 24.9 Å². The van der Waals surface area contributed by atoms with Crippen molar-refractivity contribution in [1.82, 2.24) is 29.8 Å². The van der Waals surface area contributed by atoms with E-state index in [0.29, 0.717) is 24.6 Å². The van der Waals surface area contributed by atoms with Crippen LogP contribution >= 0.6 is 0 Å². The monoisotopic (exact) mass is 430 g/mol. The highest BCUT2D eigenvalue weighted by molar-refractivity contribution is 5.57.